The molecule has 0 amide bonds. The zero-order chi connectivity index (χ0) is 11.5. The average Bonchev–Trinajstić information content (AvgIpc) is 2.15. The van der Waals surface area contributed by atoms with Gasteiger partial charge in [0.1, 0.15) is 0 Å². The Hall–Kier alpha value is -1.29. The van der Waals surface area contributed by atoms with Crippen molar-refractivity contribution in [3.8, 4) is 0 Å². The van der Waals surface area contributed by atoms with E-state index in [1.54, 1.807) is 24.3 Å². The maximum Gasteiger partial charge on any atom is 0.414 e. The summed E-state index contributed by atoms with van der Waals surface area (Å²) in [7, 11) is 0. The van der Waals surface area contributed by atoms with E-state index in [1.807, 2.05) is 6.92 Å². The Morgan fingerprint density at radius 1 is 1.27 bits per heavy atom. The van der Waals surface area contributed by atoms with Gasteiger partial charge in [-0.15, -0.1) is 0 Å². The zero-order valence-corrected chi connectivity index (χ0v) is 8.17. The van der Waals surface area contributed by atoms with Crippen LogP contribution >= 0.6 is 0 Å². The minimum Gasteiger partial charge on any atom is -0.392 e. The summed E-state index contributed by atoms with van der Waals surface area (Å²) in [6.45, 7) is 0.849. The van der Waals surface area contributed by atoms with Crippen LogP contribution in [0.25, 0.3) is 6.08 Å². The lowest BCUT2D eigenvalue weighted by molar-refractivity contribution is -0.0964. The van der Waals surface area contributed by atoms with Gasteiger partial charge in [0.15, 0.2) is 0 Å². The van der Waals surface area contributed by atoms with Gasteiger partial charge in [-0.3, -0.25) is 0 Å². The molecule has 1 nitrogen and oxygen atoms in total. The summed E-state index contributed by atoms with van der Waals surface area (Å²) >= 11 is 0. The topological polar surface area (TPSA) is 20.2 Å². The molecule has 1 aromatic carbocycles. The first-order valence-electron chi connectivity index (χ1n) is 4.39. The van der Waals surface area contributed by atoms with Crippen LogP contribution in [0.4, 0.5) is 13.2 Å². The van der Waals surface area contributed by atoms with E-state index in [1.165, 1.54) is 0 Å². The number of benzene rings is 1. The summed E-state index contributed by atoms with van der Waals surface area (Å²) in [5.74, 6) is 0. The second-order valence-corrected chi connectivity index (χ2v) is 3.24. The highest BCUT2D eigenvalue weighted by Crippen LogP contribution is 2.26. The molecule has 1 aromatic rings. The molecule has 0 aromatic heterocycles. The molecule has 0 spiro atoms. The molecule has 0 aliphatic heterocycles. The van der Waals surface area contributed by atoms with E-state index in [0.29, 0.717) is 5.56 Å². The fourth-order valence-electron chi connectivity index (χ4n) is 1.08. The van der Waals surface area contributed by atoms with E-state index in [4.69, 9.17) is 5.11 Å². The van der Waals surface area contributed by atoms with Crippen LogP contribution in [0.1, 0.15) is 11.1 Å². The Labute approximate surface area is 85.9 Å². The average molecular weight is 216 g/mol. The third-order valence-corrected chi connectivity index (χ3v) is 1.95. The summed E-state index contributed by atoms with van der Waals surface area (Å²) in [5, 5.41) is 8.59. The van der Waals surface area contributed by atoms with Gasteiger partial charge in [0.2, 0.25) is 0 Å². The first-order valence-corrected chi connectivity index (χ1v) is 4.39. The van der Waals surface area contributed by atoms with Gasteiger partial charge in [-0.25, -0.2) is 0 Å². The molecule has 0 aliphatic rings. The lowest BCUT2D eigenvalue weighted by Gasteiger charge is -2.08. The summed E-state index contributed by atoms with van der Waals surface area (Å²) in [6.07, 6.45) is -3.53. The van der Waals surface area contributed by atoms with Gasteiger partial charge in [0, 0.05) is 0 Å². The highest BCUT2D eigenvalue weighted by Gasteiger charge is 2.32. The first kappa shape index (κ1) is 11.8. The van der Waals surface area contributed by atoms with Crippen molar-refractivity contribution in [1.29, 1.82) is 0 Å². The van der Waals surface area contributed by atoms with Crippen LogP contribution in [-0.2, 0) is 0 Å². The minimum absolute atomic E-state index is 0.432. The van der Waals surface area contributed by atoms with Gasteiger partial charge in [-0.2, -0.15) is 13.2 Å². The number of halogens is 3. The Balaban J connectivity index is 2.99. The third-order valence-electron chi connectivity index (χ3n) is 1.95. The molecule has 0 saturated heterocycles. The van der Waals surface area contributed by atoms with E-state index in [0.717, 1.165) is 11.6 Å². The predicted molar refractivity (Wildman–Crippen MR) is 52.3 cm³/mol. The van der Waals surface area contributed by atoms with E-state index in [2.05, 4.69) is 0 Å². The van der Waals surface area contributed by atoms with E-state index in [-0.39, 0.29) is 0 Å². The molecular weight excluding hydrogens is 205 g/mol. The van der Waals surface area contributed by atoms with Crippen molar-refractivity contribution in [3.63, 3.8) is 0 Å². The minimum atomic E-state index is -4.47. The molecule has 0 fully saturated rings. The van der Waals surface area contributed by atoms with Crippen LogP contribution in [0.5, 0.6) is 0 Å². The number of hydrogen-bond acceptors (Lipinski definition) is 1. The molecule has 0 unspecified atom stereocenters. The Morgan fingerprint density at radius 2 is 1.80 bits per heavy atom. The van der Waals surface area contributed by atoms with Crippen molar-refractivity contribution in [1.82, 2.24) is 0 Å². The van der Waals surface area contributed by atoms with Gasteiger partial charge >= 0.3 is 6.18 Å². The van der Waals surface area contributed by atoms with Gasteiger partial charge in [0.25, 0.3) is 0 Å². The van der Waals surface area contributed by atoms with Crippen molar-refractivity contribution < 1.29 is 18.3 Å². The lowest BCUT2D eigenvalue weighted by Crippen LogP contribution is -2.14. The number of hydrogen-bond donors (Lipinski definition) is 1. The smallest absolute Gasteiger partial charge is 0.392 e. The SMILES string of the molecule is Cc1ccc(/C=C(\CO)C(F)(F)F)cc1. The molecular formula is C11H11F3O. The van der Waals surface area contributed by atoms with E-state index < -0.39 is 18.4 Å². The number of aliphatic hydroxyl groups is 1. The maximum atomic E-state index is 12.3. The fourth-order valence-corrected chi connectivity index (χ4v) is 1.08. The first-order chi connectivity index (χ1) is 6.93. The Kier molecular flexibility index (Phi) is 3.52. The summed E-state index contributed by atoms with van der Waals surface area (Å²) in [4.78, 5) is 0. The maximum absolute atomic E-state index is 12.3. The van der Waals surface area contributed by atoms with Gasteiger partial charge in [-0.1, -0.05) is 29.8 Å². The predicted octanol–water partition coefficient (Wildman–Crippen LogP) is 2.93. The van der Waals surface area contributed by atoms with Crippen molar-refractivity contribution >= 4 is 6.08 Å². The summed E-state index contributed by atoms with van der Waals surface area (Å²) < 4.78 is 36.8. The van der Waals surface area contributed by atoms with Crippen LogP contribution in [0.2, 0.25) is 0 Å². The molecule has 1 rings (SSSR count). The summed E-state index contributed by atoms with van der Waals surface area (Å²) in [5.41, 5.74) is 0.470. The molecule has 0 saturated carbocycles. The van der Waals surface area contributed by atoms with Crippen LogP contribution < -0.4 is 0 Å². The quantitative estimate of drug-likeness (QED) is 0.805. The molecule has 82 valence electrons. The molecule has 0 aliphatic carbocycles. The Morgan fingerprint density at radius 3 is 2.20 bits per heavy atom. The summed E-state index contributed by atoms with van der Waals surface area (Å²) in [6, 6.07) is 6.60. The second kappa shape index (κ2) is 4.49. The van der Waals surface area contributed by atoms with Crippen LogP contribution in [0, 0.1) is 6.92 Å². The van der Waals surface area contributed by atoms with E-state index in [9.17, 15) is 13.2 Å². The van der Waals surface area contributed by atoms with Crippen molar-refractivity contribution in [3.05, 3.63) is 41.0 Å². The second-order valence-electron chi connectivity index (χ2n) is 3.24. The third kappa shape index (κ3) is 3.40. The molecule has 0 heterocycles. The normalized spacial score (nSPS) is 13.0. The number of alkyl halides is 3. The number of aliphatic hydroxyl groups excluding tert-OH is 1. The molecule has 0 atom stereocenters. The highest BCUT2D eigenvalue weighted by molar-refractivity contribution is 5.54. The largest absolute Gasteiger partial charge is 0.414 e. The van der Waals surface area contributed by atoms with Crippen molar-refractivity contribution in [2.45, 2.75) is 13.1 Å². The molecule has 1 N–H and O–H groups in total. The molecule has 0 radical (unpaired) electrons. The molecule has 15 heavy (non-hydrogen) atoms. The number of rotatable bonds is 2. The van der Waals surface area contributed by atoms with Gasteiger partial charge in [-0.05, 0) is 18.6 Å². The van der Waals surface area contributed by atoms with E-state index >= 15 is 0 Å². The van der Waals surface area contributed by atoms with Gasteiger partial charge in [0.05, 0.1) is 12.2 Å². The fraction of sp³-hybridized carbons (Fsp3) is 0.273. The van der Waals surface area contributed by atoms with Crippen molar-refractivity contribution in [2.24, 2.45) is 0 Å². The monoisotopic (exact) mass is 216 g/mol. The Bertz CT molecular complexity index is 349. The lowest BCUT2D eigenvalue weighted by atomic mass is 10.1. The van der Waals surface area contributed by atoms with Crippen LogP contribution in [0.15, 0.2) is 29.8 Å². The van der Waals surface area contributed by atoms with Gasteiger partial charge < -0.3 is 5.11 Å². The number of aryl methyl sites for hydroxylation is 1. The van der Waals surface area contributed by atoms with Crippen LogP contribution in [-0.4, -0.2) is 17.9 Å². The highest BCUT2D eigenvalue weighted by atomic mass is 19.4. The zero-order valence-electron chi connectivity index (χ0n) is 8.17. The molecule has 0 bridgehead atoms. The standard InChI is InChI=1S/C11H11F3O/c1-8-2-4-9(5-3-8)6-10(7-15)11(12,13)14/h2-6,15H,7H2,1H3/b10-6+. The van der Waals surface area contributed by atoms with Crippen LogP contribution in [0.3, 0.4) is 0 Å². The molecule has 4 heteroatoms. The van der Waals surface area contributed by atoms with Crippen molar-refractivity contribution in [2.75, 3.05) is 6.61 Å².